The van der Waals surface area contributed by atoms with Gasteiger partial charge in [0.15, 0.2) is 0 Å². The Labute approximate surface area is 104 Å². The standard InChI is InChI=1S/C10H9F4IO/c1-6-4-7(2-3-8(6)15)9(16,5-11)10(12,13)14/h2-4,16H,5H2,1H3. The van der Waals surface area contributed by atoms with Crippen LogP contribution in [0.3, 0.4) is 0 Å². The normalized spacial score (nSPS) is 15.9. The molecule has 0 heterocycles. The minimum atomic E-state index is -5.03. The average Bonchev–Trinajstić information content (AvgIpc) is 2.19. The highest BCUT2D eigenvalue weighted by Gasteiger charge is 2.55. The van der Waals surface area contributed by atoms with Crippen LogP contribution in [-0.2, 0) is 5.60 Å². The maximum atomic E-state index is 12.5. The van der Waals surface area contributed by atoms with Crippen LogP contribution in [0.5, 0.6) is 0 Å². The molecule has 16 heavy (non-hydrogen) atoms. The van der Waals surface area contributed by atoms with E-state index in [0.717, 1.165) is 15.7 Å². The van der Waals surface area contributed by atoms with E-state index in [4.69, 9.17) is 0 Å². The van der Waals surface area contributed by atoms with Crippen molar-refractivity contribution in [3.05, 3.63) is 32.9 Å². The van der Waals surface area contributed by atoms with Crippen molar-refractivity contribution in [1.29, 1.82) is 0 Å². The Morgan fingerprint density at radius 3 is 2.25 bits per heavy atom. The first kappa shape index (κ1) is 13.7. The summed E-state index contributed by atoms with van der Waals surface area (Å²) in [5.41, 5.74) is -3.32. The summed E-state index contributed by atoms with van der Waals surface area (Å²) in [5, 5.41) is 9.34. The third-order valence-electron chi connectivity index (χ3n) is 2.30. The Hall–Kier alpha value is -0.370. The molecule has 1 N–H and O–H groups in total. The van der Waals surface area contributed by atoms with Gasteiger partial charge in [-0.05, 0) is 46.7 Å². The van der Waals surface area contributed by atoms with Gasteiger partial charge in [-0.25, -0.2) is 4.39 Å². The number of aliphatic hydroxyl groups is 1. The highest BCUT2D eigenvalue weighted by molar-refractivity contribution is 14.1. The Morgan fingerprint density at radius 2 is 1.88 bits per heavy atom. The first-order valence-corrected chi connectivity index (χ1v) is 5.42. The molecule has 1 nitrogen and oxygen atoms in total. The van der Waals surface area contributed by atoms with E-state index in [1.165, 1.54) is 6.07 Å². The van der Waals surface area contributed by atoms with Crippen molar-refractivity contribution >= 4 is 22.6 Å². The molecule has 1 rings (SSSR count). The van der Waals surface area contributed by atoms with Crippen LogP contribution in [0.15, 0.2) is 18.2 Å². The maximum absolute atomic E-state index is 12.5. The van der Waals surface area contributed by atoms with Crippen LogP contribution in [0.2, 0.25) is 0 Å². The van der Waals surface area contributed by atoms with Gasteiger partial charge in [0.2, 0.25) is 5.60 Å². The topological polar surface area (TPSA) is 20.2 Å². The molecule has 1 unspecified atom stereocenters. The van der Waals surface area contributed by atoms with Crippen molar-refractivity contribution in [2.24, 2.45) is 0 Å². The number of hydrogen-bond donors (Lipinski definition) is 1. The second kappa shape index (κ2) is 4.48. The molecule has 0 amide bonds. The third kappa shape index (κ3) is 2.32. The SMILES string of the molecule is Cc1cc(C(O)(CF)C(F)(F)F)ccc1I. The molecule has 0 bridgehead atoms. The Bertz CT molecular complexity index is 391. The second-order valence-electron chi connectivity index (χ2n) is 3.46. The molecule has 0 spiro atoms. The highest BCUT2D eigenvalue weighted by atomic mass is 127. The number of rotatable bonds is 2. The summed E-state index contributed by atoms with van der Waals surface area (Å²) in [6.45, 7) is -0.295. The number of alkyl halides is 4. The van der Waals surface area contributed by atoms with Crippen LogP contribution >= 0.6 is 22.6 Å². The smallest absolute Gasteiger partial charge is 0.374 e. The molecular formula is C10H9F4IO. The number of halogens is 5. The van der Waals surface area contributed by atoms with E-state index >= 15 is 0 Å². The molecule has 1 aromatic rings. The third-order valence-corrected chi connectivity index (χ3v) is 3.51. The lowest BCUT2D eigenvalue weighted by atomic mass is 9.93. The van der Waals surface area contributed by atoms with Gasteiger partial charge in [-0.15, -0.1) is 0 Å². The Kier molecular flexibility index (Phi) is 3.83. The van der Waals surface area contributed by atoms with Crippen molar-refractivity contribution in [2.75, 3.05) is 6.67 Å². The molecule has 1 atom stereocenters. The van der Waals surface area contributed by atoms with E-state index in [9.17, 15) is 22.7 Å². The van der Waals surface area contributed by atoms with Gasteiger partial charge in [0.25, 0.3) is 0 Å². The fourth-order valence-electron chi connectivity index (χ4n) is 1.22. The summed E-state index contributed by atoms with van der Waals surface area (Å²) < 4.78 is 50.8. The molecule has 0 aromatic heterocycles. The zero-order valence-electron chi connectivity index (χ0n) is 8.28. The number of benzene rings is 1. The van der Waals surface area contributed by atoms with E-state index in [0.29, 0.717) is 5.56 Å². The van der Waals surface area contributed by atoms with Gasteiger partial charge >= 0.3 is 6.18 Å². The van der Waals surface area contributed by atoms with Crippen molar-refractivity contribution in [2.45, 2.75) is 18.7 Å². The van der Waals surface area contributed by atoms with Crippen molar-refractivity contribution in [3.8, 4) is 0 Å². The molecule has 0 fully saturated rings. The molecule has 0 radical (unpaired) electrons. The molecule has 90 valence electrons. The van der Waals surface area contributed by atoms with Crippen molar-refractivity contribution in [3.63, 3.8) is 0 Å². The summed E-state index contributed by atoms with van der Waals surface area (Å²) in [5.74, 6) is 0. The zero-order chi connectivity index (χ0) is 12.6. The molecular weight excluding hydrogens is 339 g/mol. The summed E-state index contributed by atoms with van der Waals surface area (Å²) in [7, 11) is 0. The first-order chi connectivity index (χ1) is 7.22. The molecule has 0 aliphatic rings. The summed E-state index contributed by atoms with van der Waals surface area (Å²) in [4.78, 5) is 0. The molecule has 6 heteroatoms. The highest BCUT2D eigenvalue weighted by Crippen LogP contribution is 2.39. The Morgan fingerprint density at radius 1 is 1.31 bits per heavy atom. The van der Waals surface area contributed by atoms with Gasteiger partial charge < -0.3 is 5.11 Å². The molecule has 1 aromatic carbocycles. The summed E-state index contributed by atoms with van der Waals surface area (Å²) in [6.07, 6.45) is -5.03. The van der Waals surface area contributed by atoms with Crippen molar-refractivity contribution in [1.82, 2.24) is 0 Å². The monoisotopic (exact) mass is 348 g/mol. The van der Waals surface area contributed by atoms with E-state index in [1.54, 1.807) is 6.92 Å². The molecule has 0 saturated carbocycles. The predicted octanol–water partition coefficient (Wildman–Crippen LogP) is 3.32. The number of aryl methyl sites for hydroxylation is 1. The van der Waals surface area contributed by atoms with Gasteiger partial charge in [0, 0.05) is 3.57 Å². The minimum Gasteiger partial charge on any atom is -0.374 e. The van der Waals surface area contributed by atoms with Gasteiger partial charge in [-0.3, -0.25) is 0 Å². The van der Waals surface area contributed by atoms with Gasteiger partial charge in [0.05, 0.1) is 0 Å². The second-order valence-corrected chi connectivity index (χ2v) is 4.62. The summed E-state index contributed by atoms with van der Waals surface area (Å²) in [6, 6.07) is 3.65. The van der Waals surface area contributed by atoms with Crippen LogP contribution in [0.4, 0.5) is 17.6 Å². The lowest BCUT2D eigenvalue weighted by Gasteiger charge is -2.28. The largest absolute Gasteiger partial charge is 0.424 e. The predicted molar refractivity (Wildman–Crippen MR) is 59.8 cm³/mol. The van der Waals surface area contributed by atoms with Crippen LogP contribution < -0.4 is 0 Å². The average molecular weight is 348 g/mol. The molecule has 0 saturated heterocycles. The molecule has 0 aliphatic carbocycles. The minimum absolute atomic E-state index is 0.472. The first-order valence-electron chi connectivity index (χ1n) is 4.34. The maximum Gasteiger partial charge on any atom is 0.424 e. The summed E-state index contributed by atoms with van der Waals surface area (Å²) >= 11 is 1.95. The fourth-order valence-corrected chi connectivity index (χ4v) is 1.55. The van der Waals surface area contributed by atoms with Crippen LogP contribution in [0.25, 0.3) is 0 Å². The zero-order valence-corrected chi connectivity index (χ0v) is 10.4. The lowest BCUT2D eigenvalue weighted by Crippen LogP contribution is -2.44. The van der Waals surface area contributed by atoms with E-state index < -0.39 is 24.0 Å². The van der Waals surface area contributed by atoms with Gasteiger partial charge in [-0.2, -0.15) is 13.2 Å². The molecule has 0 aliphatic heterocycles. The van der Waals surface area contributed by atoms with Gasteiger partial charge in [0.1, 0.15) is 6.67 Å². The Balaban J connectivity index is 3.29. The van der Waals surface area contributed by atoms with Gasteiger partial charge in [-0.1, -0.05) is 12.1 Å². The lowest BCUT2D eigenvalue weighted by molar-refractivity contribution is -0.271. The van der Waals surface area contributed by atoms with E-state index in [-0.39, 0.29) is 0 Å². The van der Waals surface area contributed by atoms with E-state index in [2.05, 4.69) is 0 Å². The van der Waals surface area contributed by atoms with Crippen LogP contribution in [-0.4, -0.2) is 18.0 Å². The number of hydrogen-bond acceptors (Lipinski definition) is 1. The quantitative estimate of drug-likeness (QED) is 0.642. The van der Waals surface area contributed by atoms with E-state index in [1.807, 2.05) is 22.6 Å². The van der Waals surface area contributed by atoms with Crippen LogP contribution in [0, 0.1) is 10.5 Å². The fraction of sp³-hybridized carbons (Fsp3) is 0.400. The van der Waals surface area contributed by atoms with Crippen molar-refractivity contribution < 1.29 is 22.7 Å². The van der Waals surface area contributed by atoms with Crippen LogP contribution in [0.1, 0.15) is 11.1 Å².